The third-order valence-corrected chi connectivity index (χ3v) is 5.41. The van der Waals surface area contributed by atoms with Crippen molar-refractivity contribution in [2.45, 2.75) is 5.75 Å². The summed E-state index contributed by atoms with van der Waals surface area (Å²) in [5, 5.41) is 14.7. The van der Waals surface area contributed by atoms with Crippen molar-refractivity contribution in [2.75, 3.05) is 12.3 Å². The summed E-state index contributed by atoms with van der Waals surface area (Å²) in [5.74, 6) is 1.72. The first-order chi connectivity index (χ1) is 11.7. The van der Waals surface area contributed by atoms with Crippen molar-refractivity contribution < 1.29 is 4.79 Å². The molecule has 2 aromatic heterocycles. The summed E-state index contributed by atoms with van der Waals surface area (Å²) in [5.41, 5.74) is 3.46. The van der Waals surface area contributed by atoms with Crippen LogP contribution in [0.4, 0.5) is 0 Å². The van der Waals surface area contributed by atoms with E-state index in [1.807, 2.05) is 12.1 Å². The fourth-order valence-corrected chi connectivity index (χ4v) is 3.90. The second-order valence-electron chi connectivity index (χ2n) is 5.11. The molecule has 2 N–H and O–H groups in total. The molecule has 3 aromatic rings. The third-order valence-electron chi connectivity index (χ3n) is 3.40. The number of carbonyl (C=O) groups excluding carboxylic acids is 1. The van der Waals surface area contributed by atoms with Gasteiger partial charge in [0.1, 0.15) is 0 Å². The van der Waals surface area contributed by atoms with Gasteiger partial charge in [0.05, 0.1) is 17.5 Å². The summed E-state index contributed by atoms with van der Waals surface area (Å²) in [6.45, 7) is 0.624. The molecule has 24 heavy (non-hydrogen) atoms. The SMILES string of the molecule is O=C(NCCSCc1ccsc1)c1cn[nH]c1-c1ccc(Cl)cc1. The van der Waals surface area contributed by atoms with Gasteiger partial charge < -0.3 is 5.32 Å². The molecular weight excluding hydrogens is 362 g/mol. The lowest BCUT2D eigenvalue weighted by Gasteiger charge is -2.06. The molecule has 7 heteroatoms. The van der Waals surface area contributed by atoms with Crippen LogP contribution in [0.2, 0.25) is 5.02 Å². The van der Waals surface area contributed by atoms with Crippen molar-refractivity contribution in [3.05, 3.63) is 63.4 Å². The van der Waals surface area contributed by atoms with Gasteiger partial charge >= 0.3 is 0 Å². The standard InChI is InChI=1S/C17H16ClN3OS2/c18-14-3-1-13(2-4-14)16-15(9-20-21-16)17(22)19-6-8-24-11-12-5-7-23-10-12/h1-5,7,9-10H,6,8,11H2,(H,19,22)(H,20,21). The Morgan fingerprint density at radius 3 is 2.88 bits per heavy atom. The molecule has 0 aliphatic heterocycles. The van der Waals surface area contributed by atoms with E-state index < -0.39 is 0 Å². The van der Waals surface area contributed by atoms with Crippen molar-refractivity contribution in [3.63, 3.8) is 0 Å². The van der Waals surface area contributed by atoms with Crippen LogP contribution in [0.3, 0.4) is 0 Å². The molecule has 3 rings (SSSR count). The molecule has 0 saturated carbocycles. The van der Waals surface area contributed by atoms with Crippen LogP contribution in [0.25, 0.3) is 11.3 Å². The predicted molar refractivity (Wildman–Crippen MR) is 102 cm³/mol. The number of H-pyrrole nitrogens is 1. The molecule has 0 bridgehead atoms. The number of thiophene rings is 1. The molecule has 0 radical (unpaired) electrons. The van der Waals surface area contributed by atoms with E-state index in [1.54, 1.807) is 41.4 Å². The number of carbonyl (C=O) groups is 1. The van der Waals surface area contributed by atoms with E-state index in [0.29, 0.717) is 22.8 Å². The molecular formula is C17H16ClN3OS2. The highest BCUT2D eigenvalue weighted by Gasteiger charge is 2.14. The molecule has 0 aliphatic carbocycles. The van der Waals surface area contributed by atoms with Gasteiger partial charge in [0.15, 0.2) is 0 Å². The zero-order chi connectivity index (χ0) is 16.8. The first-order valence-corrected chi connectivity index (χ1v) is 9.88. The van der Waals surface area contributed by atoms with E-state index in [2.05, 4.69) is 32.3 Å². The highest BCUT2D eigenvalue weighted by Crippen LogP contribution is 2.23. The monoisotopic (exact) mass is 377 g/mol. The van der Waals surface area contributed by atoms with Gasteiger partial charge in [-0.3, -0.25) is 9.89 Å². The molecule has 0 unspecified atom stereocenters. The molecule has 0 fully saturated rings. The average Bonchev–Trinajstić information content (AvgIpc) is 3.26. The van der Waals surface area contributed by atoms with Gasteiger partial charge in [-0.15, -0.1) is 0 Å². The minimum Gasteiger partial charge on any atom is -0.351 e. The number of rotatable bonds is 7. The van der Waals surface area contributed by atoms with E-state index in [1.165, 1.54) is 5.56 Å². The van der Waals surface area contributed by atoms with Crippen LogP contribution in [0.1, 0.15) is 15.9 Å². The quantitative estimate of drug-likeness (QED) is 0.598. The summed E-state index contributed by atoms with van der Waals surface area (Å²) < 4.78 is 0. The molecule has 0 saturated heterocycles. The van der Waals surface area contributed by atoms with E-state index in [9.17, 15) is 4.79 Å². The Bertz CT molecular complexity index is 785. The van der Waals surface area contributed by atoms with Crippen LogP contribution in [-0.2, 0) is 5.75 Å². The van der Waals surface area contributed by atoms with E-state index in [-0.39, 0.29) is 5.91 Å². The van der Waals surface area contributed by atoms with Gasteiger partial charge in [-0.25, -0.2) is 0 Å². The summed E-state index contributed by atoms with van der Waals surface area (Å²) in [6.07, 6.45) is 1.55. The average molecular weight is 378 g/mol. The molecule has 0 spiro atoms. The Balaban J connectivity index is 1.52. The zero-order valence-corrected chi connectivity index (χ0v) is 15.2. The fraction of sp³-hybridized carbons (Fsp3) is 0.176. The largest absolute Gasteiger partial charge is 0.351 e. The number of amides is 1. The molecule has 2 heterocycles. The summed E-state index contributed by atoms with van der Waals surface area (Å²) in [7, 11) is 0. The first-order valence-electron chi connectivity index (χ1n) is 7.40. The highest BCUT2D eigenvalue weighted by atomic mass is 35.5. The Kier molecular flexibility index (Phi) is 5.96. The van der Waals surface area contributed by atoms with E-state index in [4.69, 9.17) is 11.6 Å². The number of nitrogens with one attached hydrogen (secondary N) is 2. The lowest BCUT2D eigenvalue weighted by molar-refractivity contribution is 0.0957. The van der Waals surface area contributed by atoms with Crippen molar-refractivity contribution >= 4 is 40.6 Å². The minimum atomic E-state index is -0.121. The predicted octanol–water partition coefficient (Wildman–Crippen LogP) is 4.45. The molecule has 124 valence electrons. The van der Waals surface area contributed by atoms with Crippen LogP contribution in [0.5, 0.6) is 0 Å². The van der Waals surface area contributed by atoms with Gasteiger partial charge in [-0.05, 0) is 34.5 Å². The van der Waals surface area contributed by atoms with Crippen molar-refractivity contribution in [1.29, 1.82) is 0 Å². The fourth-order valence-electron chi connectivity index (χ4n) is 2.19. The maximum atomic E-state index is 12.4. The van der Waals surface area contributed by atoms with Crippen molar-refractivity contribution in [1.82, 2.24) is 15.5 Å². The Morgan fingerprint density at radius 2 is 2.12 bits per heavy atom. The number of aromatic nitrogens is 2. The number of aromatic amines is 1. The van der Waals surface area contributed by atoms with Gasteiger partial charge in [-0.2, -0.15) is 28.2 Å². The lowest BCUT2D eigenvalue weighted by Crippen LogP contribution is -2.25. The molecule has 4 nitrogen and oxygen atoms in total. The maximum absolute atomic E-state index is 12.4. The Morgan fingerprint density at radius 1 is 1.29 bits per heavy atom. The van der Waals surface area contributed by atoms with Crippen LogP contribution in [0.15, 0.2) is 47.3 Å². The van der Waals surface area contributed by atoms with Crippen molar-refractivity contribution in [2.24, 2.45) is 0 Å². The second-order valence-corrected chi connectivity index (χ2v) is 7.43. The van der Waals surface area contributed by atoms with Gasteiger partial charge in [0.2, 0.25) is 0 Å². The molecule has 1 amide bonds. The molecule has 0 atom stereocenters. The smallest absolute Gasteiger partial charge is 0.255 e. The Labute approximate surface area is 153 Å². The summed E-state index contributed by atoms with van der Waals surface area (Å²) >= 11 is 9.42. The lowest BCUT2D eigenvalue weighted by atomic mass is 10.1. The topological polar surface area (TPSA) is 57.8 Å². The third kappa shape index (κ3) is 4.41. The minimum absolute atomic E-state index is 0.121. The number of halogens is 1. The summed E-state index contributed by atoms with van der Waals surface area (Å²) in [6, 6.07) is 9.44. The zero-order valence-electron chi connectivity index (χ0n) is 12.8. The Hall–Kier alpha value is -1.76. The van der Waals surface area contributed by atoms with E-state index in [0.717, 1.165) is 17.1 Å². The van der Waals surface area contributed by atoms with Crippen LogP contribution < -0.4 is 5.32 Å². The summed E-state index contributed by atoms with van der Waals surface area (Å²) in [4.78, 5) is 12.4. The first kappa shape index (κ1) is 17.1. The highest BCUT2D eigenvalue weighted by molar-refractivity contribution is 7.98. The van der Waals surface area contributed by atoms with E-state index >= 15 is 0 Å². The number of nitrogens with zero attached hydrogens (tertiary/aromatic N) is 1. The maximum Gasteiger partial charge on any atom is 0.255 e. The number of hydrogen-bond donors (Lipinski definition) is 2. The normalized spacial score (nSPS) is 10.7. The molecule has 1 aromatic carbocycles. The second kappa shape index (κ2) is 8.37. The van der Waals surface area contributed by atoms with Crippen LogP contribution >= 0.6 is 34.7 Å². The van der Waals surface area contributed by atoms with Crippen LogP contribution in [0, 0.1) is 0 Å². The van der Waals surface area contributed by atoms with Crippen molar-refractivity contribution in [3.8, 4) is 11.3 Å². The van der Waals surface area contributed by atoms with Gasteiger partial charge in [-0.1, -0.05) is 23.7 Å². The number of hydrogen-bond acceptors (Lipinski definition) is 4. The number of benzene rings is 1. The number of thioether (sulfide) groups is 1. The van der Waals surface area contributed by atoms with Gasteiger partial charge in [0.25, 0.3) is 5.91 Å². The van der Waals surface area contributed by atoms with Crippen LogP contribution in [-0.4, -0.2) is 28.4 Å². The van der Waals surface area contributed by atoms with Gasteiger partial charge in [0, 0.05) is 28.6 Å². The molecule has 0 aliphatic rings.